The number of fused-ring (bicyclic) bond motifs is 1. The van der Waals surface area contributed by atoms with Crippen LogP contribution in [0.1, 0.15) is 23.3 Å². The highest BCUT2D eigenvalue weighted by molar-refractivity contribution is 6.04. The first kappa shape index (κ1) is 15.2. The van der Waals surface area contributed by atoms with E-state index in [4.69, 9.17) is 0 Å². The zero-order valence-corrected chi connectivity index (χ0v) is 12.8. The summed E-state index contributed by atoms with van der Waals surface area (Å²) in [6.45, 7) is 0.913. The minimum Gasteiger partial charge on any atom is -0.359 e. The van der Waals surface area contributed by atoms with Crippen LogP contribution in [-0.4, -0.2) is 46.8 Å². The predicted octanol–water partition coefficient (Wildman–Crippen LogP) is 0.521. The molecule has 1 aliphatic rings. The van der Waals surface area contributed by atoms with Crippen LogP contribution in [-0.2, 0) is 4.79 Å². The van der Waals surface area contributed by atoms with Crippen molar-refractivity contribution in [2.24, 2.45) is 5.92 Å². The Bertz CT molecular complexity index is 814. The van der Waals surface area contributed by atoms with Gasteiger partial charge in [-0.25, -0.2) is 4.79 Å². The summed E-state index contributed by atoms with van der Waals surface area (Å²) < 4.78 is 0. The molecule has 1 fully saturated rings. The zero-order chi connectivity index (χ0) is 16.4. The number of hydrogen-bond acceptors (Lipinski definition) is 4. The van der Waals surface area contributed by atoms with Gasteiger partial charge >= 0.3 is 5.69 Å². The number of aromatic amines is 1. The quantitative estimate of drug-likeness (QED) is 0.845. The van der Waals surface area contributed by atoms with Crippen molar-refractivity contribution in [2.75, 3.05) is 20.1 Å². The molecule has 2 aromatic rings. The molecule has 0 bridgehead atoms. The molecular weight excluding hydrogens is 296 g/mol. The number of likely N-dealkylation sites (tertiary alicyclic amines) is 1. The maximum atomic E-state index is 12.8. The van der Waals surface area contributed by atoms with Gasteiger partial charge in [0.2, 0.25) is 5.91 Å². The monoisotopic (exact) mass is 314 g/mol. The highest BCUT2D eigenvalue weighted by atomic mass is 16.2. The first-order chi connectivity index (χ1) is 11.1. The third-order valence-electron chi connectivity index (χ3n) is 4.17. The maximum Gasteiger partial charge on any atom is 0.346 e. The van der Waals surface area contributed by atoms with Gasteiger partial charge in [-0.2, -0.15) is 4.98 Å². The Balaban J connectivity index is 1.94. The van der Waals surface area contributed by atoms with Crippen molar-refractivity contribution in [3.05, 3.63) is 40.4 Å². The molecule has 2 amide bonds. The fourth-order valence-electron chi connectivity index (χ4n) is 3.00. The Hall–Kier alpha value is -2.70. The number of hydrogen-bond donors (Lipinski definition) is 2. The average Bonchev–Trinajstić information content (AvgIpc) is 2.59. The summed E-state index contributed by atoms with van der Waals surface area (Å²) in [5, 5.41) is 3.24. The second-order valence-corrected chi connectivity index (χ2v) is 5.64. The van der Waals surface area contributed by atoms with Gasteiger partial charge in [0, 0.05) is 25.5 Å². The highest BCUT2D eigenvalue weighted by Gasteiger charge is 2.29. The summed E-state index contributed by atoms with van der Waals surface area (Å²) in [4.78, 5) is 44.4. The molecule has 2 N–H and O–H groups in total. The Labute approximate surface area is 132 Å². The molecule has 3 rings (SSSR count). The van der Waals surface area contributed by atoms with Crippen molar-refractivity contribution in [2.45, 2.75) is 12.8 Å². The fourth-order valence-corrected chi connectivity index (χ4v) is 3.00. The maximum absolute atomic E-state index is 12.8. The molecule has 7 nitrogen and oxygen atoms in total. The van der Waals surface area contributed by atoms with Crippen molar-refractivity contribution in [1.82, 2.24) is 20.2 Å². The molecule has 0 aliphatic carbocycles. The molecule has 1 aromatic carbocycles. The van der Waals surface area contributed by atoms with Crippen LogP contribution in [0.4, 0.5) is 0 Å². The molecular formula is C16H18N4O3. The number of amides is 2. The first-order valence-corrected chi connectivity index (χ1v) is 7.60. The van der Waals surface area contributed by atoms with Crippen LogP contribution in [0.2, 0.25) is 0 Å². The van der Waals surface area contributed by atoms with Gasteiger partial charge in [-0.05, 0) is 18.9 Å². The normalized spacial score (nSPS) is 18.0. The van der Waals surface area contributed by atoms with Gasteiger partial charge in [0.15, 0.2) is 0 Å². The van der Waals surface area contributed by atoms with Crippen molar-refractivity contribution >= 4 is 22.7 Å². The van der Waals surface area contributed by atoms with E-state index in [0.29, 0.717) is 24.0 Å². The highest BCUT2D eigenvalue weighted by Crippen LogP contribution is 2.20. The van der Waals surface area contributed by atoms with Gasteiger partial charge in [-0.15, -0.1) is 0 Å². The van der Waals surface area contributed by atoms with E-state index >= 15 is 0 Å². The summed E-state index contributed by atoms with van der Waals surface area (Å²) in [6, 6.07) is 7.07. The van der Waals surface area contributed by atoms with E-state index in [9.17, 15) is 14.4 Å². The number of aromatic nitrogens is 2. The summed E-state index contributed by atoms with van der Waals surface area (Å²) in [6.07, 6.45) is 1.51. The molecule has 23 heavy (non-hydrogen) atoms. The lowest BCUT2D eigenvalue weighted by atomic mass is 9.96. The largest absolute Gasteiger partial charge is 0.359 e. The van der Waals surface area contributed by atoms with E-state index in [1.165, 1.54) is 0 Å². The Morgan fingerprint density at radius 2 is 2.13 bits per heavy atom. The molecule has 120 valence electrons. The van der Waals surface area contributed by atoms with Crippen LogP contribution in [0.15, 0.2) is 29.1 Å². The van der Waals surface area contributed by atoms with Crippen molar-refractivity contribution in [3.8, 4) is 0 Å². The number of para-hydroxylation sites is 1. The van der Waals surface area contributed by atoms with Gasteiger partial charge in [0.1, 0.15) is 5.69 Å². The summed E-state index contributed by atoms with van der Waals surface area (Å²) in [7, 11) is 1.59. The van der Waals surface area contributed by atoms with E-state index < -0.39 is 5.69 Å². The number of H-pyrrole nitrogens is 1. The topological polar surface area (TPSA) is 95.2 Å². The Morgan fingerprint density at radius 3 is 2.91 bits per heavy atom. The number of carbonyl (C=O) groups excluding carboxylic acids is 2. The average molecular weight is 314 g/mol. The van der Waals surface area contributed by atoms with E-state index in [1.54, 1.807) is 36.2 Å². The number of piperidine rings is 1. The summed E-state index contributed by atoms with van der Waals surface area (Å²) in [5.41, 5.74) is 0.171. The van der Waals surface area contributed by atoms with Crippen molar-refractivity contribution < 1.29 is 9.59 Å². The second kappa shape index (κ2) is 6.20. The minimum atomic E-state index is -0.549. The van der Waals surface area contributed by atoms with Crippen LogP contribution < -0.4 is 11.0 Å². The Kier molecular flexibility index (Phi) is 4.10. The standard InChI is InChI=1S/C16H18N4O3/c1-17-14(21)10-5-4-8-20(9-10)15(22)13-11-6-2-3-7-12(11)18-16(23)19-13/h2-3,6-7,10H,4-5,8-9H2,1H3,(H,17,21)(H,18,19,23)/t10-/m1/s1. The van der Waals surface area contributed by atoms with Crippen LogP contribution in [0.5, 0.6) is 0 Å². The molecule has 1 aromatic heterocycles. The number of carbonyl (C=O) groups is 2. The smallest absolute Gasteiger partial charge is 0.346 e. The van der Waals surface area contributed by atoms with Gasteiger partial charge in [-0.3, -0.25) is 9.59 Å². The van der Waals surface area contributed by atoms with Crippen LogP contribution in [0.3, 0.4) is 0 Å². The van der Waals surface area contributed by atoms with Crippen LogP contribution in [0, 0.1) is 5.92 Å². The van der Waals surface area contributed by atoms with Gasteiger partial charge in [-0.1, -0.05) is 18.2 Å². The van der Waals surface area contributed by atoms with Crippen LogP contribution >= 0.6 is 0 Å². The number of nitrogens with zero attached hydrogens (tertiary/aromatic N) is 2. The SMILES string of the molecule is CNC(=O)[C@@H]1CCCN(C(=O)c2nc(=O)[nH]c3ccccc23)C1. The van der Waals surface area contributed by atoms with Crippen LogP contribution in [0.25, 0.3) is 10.9 Å². The van der Waals surface area contributed by atoms with E-state index in [1.807, 2.05) is 0 Å². The summed E-state index contributed by atoms with van der Waals surface area (Å²) in [5.74, 6) is -0.585. The van der Waals surface area contributed by atoms with Gasteiger partial charge in [0.05, 0.1) is 11.4 Å². The van der Waals surface area contributed by atoms with Gasteiger partial charge in [0.25, 0.3) is 5.91 Å². The Morgan fingerprint density at radius 1 is 1.35 bits per heavy atom. The molecule has 7 heteroatoms. The molecule has 1 aliphatic heterocycles. The number of benzene rings is 1. The first-order valence-electron chi connectivity index (χ1n) is 7.60. The molecule has 2 heterocycles. The number of nitrogens with one attached hydrogen (secondary N) is 2. The second-order valence-electron chi connectivity index (χ2n) is 5.64. The van der Waals surface area contributed by atoms with E-state index in [2.05, 4.69) is 15.3 Å². The molecule has 0 saturated carbocycles. The zero-order valence-electron chi connectivity index (χ0n) is 12.8. The minimum absolute atomic E-state index is 0.0637. The molecule has 1 atom stereocenters. The van der Waals surface area contributed by atoms with Crippen molar-refractivity contribution in [1.29, 1.82) is 0 Å². The van der Waals surface area contributed by atoms with E-state index in [-0.39, 0.29) is 23.4 Å². The number of rotatable bonds is 2. The molecule has 0 spiro atoms. The molecule has 1 saturated heterocycles. The lowest BCUT2D eigenvalue weighted by Crippen LogP contribution is -2.45. The van der Waals surface area contributed by atoms with E-state index in [0.717, 1.165) is 12.8 Å². The molecule has 0 radical (unpaired) electrons. The third-order valence-corrected chi connectivity index (χ3v) is 4.17. The fraction of sp³-hybridized carbons (Fsp3) is 0.375. The lowest BCUT2D eigenvalue weighted by Gasteiger charge is -2.31. The lowest BCUT2D eigenvalue weighted by molar-refractivity contribution is -0.125. The third kappa shape index (κ3) is 2.94. The molecule has 0 unspecified atom stereocenters. The predicted molar refractivity (Wildman–Crippen MR) is 85.1 cm³/mol. The van der Waals surface area contributed by atoms with Gasteiger partial charge < -0.3 is 15.2 Å². The summed E-state index contributed by atoms with van der Waals surface area (Å²) >= 11 is 0. The van der Waals surface area contributed by atoms with Crippen molar-refractivity contribution in [3.63, 3.8) is 0 Å².